The molecule has 0 saturated carbocycles. The molecule has 1 fully saturated rings. The molecule has 0 bridgehead atoms. The van der Waals surface area contributed by atoms with E-state index in [1.165, 1.54) is 24.0 Å². The summed E-state index contributed by atoms with van der Waals surface area (Å²) in [5, 5.41) is 2.97. The topological polar surface area (TPSA) is 61.4 Å². The van der Waals surface area contributed by atoms with E-state index in [1.807, 2.05) is 25.1 Å². The molecule has 0 radical (unpaired) electrons. The summed E-state index contributed by atoms with van der Waals surface area (Å²) >= 11 is 0. The van der Waals surface area contributed by atoms with Crippen LogP contribution in [0.3, 0.4) is 0 Å². The smallest absolute Gasteiger partial charge is 0.227 e. The van der Waals surface area contributed by atoms with Crippen molar-refractivity contribution in [2.75, 3.05) is 42.3 Å². The molecule has 6 heteroatoms. The second kappa shape index (κ2) is 8.17. The largest absolute Gasteiger partial charge is 0.361 e. The fraction of sp³-hybridized carbons (Fsp3) is 0.450. The van der Waals surface area contributed by atoms with E-state index in [1.54, 1.807) is 6.20 Å². The molecule has 1 amide bonds. The Bertz CT molecular complexity index is 769. The van der Waals surface area contributed by atoms with Gasteiger partial charge >= 0.3 is 0 Å². The van der Waals surface area contributed by atoms with Crippen molar-refractivity contribution in [3.8, 4) is 0 Å². The first kappa shape index (κ1) is 18.2. The van der Waals surface area contributed by atoms with Crippen LogP contribution in [0.5, 0.6) is 0 Å². The van der Waals surface area contributed by atoms with Crippen LogP contribution in [0, 0.1) is 6.92 Å². The third kappa shape index (κ3) is 4.50. The lowest BCUT2D eigenvalue weighted by Gasteiger charge is -2.21. The van der Waals surface area contributed by atoms with E-state index >= 15 is 0 Å². The van der Waals surface area contributed by atoms with Gasteiger partial charge in [0.05, 0.1) is 6.20 Å². The molecule has 0 spiro atoms. The van der Waals surface area contributed by atoms with E-state index in [-0.39, 0.29) is 5.91 Å². The average Bonchev–Trinajstić information content (AvgIpc) is 3.15. The van der Waals surface area contributed by atoms with Crippen LogP contribution in [-0.4, -0.2) is 43.1 Å². The Labute approximate surface area is 155 Å². The van der Waals surface area contributed by atoms with E-state index < -0.39 is 0 Å². The molecule has 0 unspecified atom stereocenters. The zero-order valence-electron chi connectivity index (χ0n) is 15.8. The molecule has 1 aliphatic rings. The van der Waals surface area contributed by atoms with E-state index in [4.69, 9.17) is 0 Å². The number of nitrogens with zero attached hydrogens (tertiary/aromatic N) is 4. The highest BCUT2D eigenvalue weighted by atomic mass is 16.1. The number of hydrogen-bond donors (Lipinski definition) is 1. The van der Waals surface area contributed by atoms with Crippen molar-refractivity contribution in [2.45, 2.75) is 32.6 Å². The number of rotatable bonds is 6. The van der Waals surface area contributed by atoms with Crippen LogP contribution in [-0.2, 0) is 11.2 Å². The highest BCUT2D eigenvalue weighted by Crippen LogP contribution is 2.25. The predicted octanol–water partition coefficient (Wildman–Crippen LogP) is 3.02. The number of carbonyl (C=O) groups excluding carboxylic acids is 1. The van der Waals surface area contributed by atoms with Crippen LogP contribution >= 0.6 is 0 Å². The molecule has 2 heterocycles. The fourth-order valence-corrected chi connectivity index (χ4v) is 3.20. The minimum atomic E-state index is -0.0212. The minimum Gasteiger partial charge on any atom is -0.361 e. The van der Waals surface area contributed by atoms with Gasteiger partial charge in [-0.3, -0.25) is 4.79 Å². The standard InChI is InChI=1S/C20H27N5O/c1-15-7-6-8-16(13-15)9-10-18(26)22-17-14-21-20(23-19(17)24(2)3)25-11-4-5-12-25/h6-8,13-14H,4-5,9-12H2,1-3H3,(H,22,26). The Morgan fingerprint density at radius 1 is 1.27 bits per heavy atom. The molecule has 1 saturated heterocycles. The zero-order chi connectivity index (χ0) is 18.5. The Morgan fingerprint density at radius 2 is 2.04 bits per heavy atom. The second-order valence-electron chi connectivity index (χ2n) is 7.03. The number of carbonyl (C=O) groups is 1. The maximum Gasteiger partial charge on any atom is 0.227 e. The number of hydrogen-bond acceptors (Lipinski definition) is 5. The van der Waals surface area contributed by atoms with Crippen LogP contribution in [0.1, 0.15) is 30.4 Å². The van der Waals surface area contributed by atoms with Crippen molar-refractivity contribution in [2.24, 2.45) is 0 Å². The Kier molecular flexibility index (Phi) is 5.71. The van der Waals surface area contributed by atoms with E-state index in [9.17, 15) is 4.79 Å². The first-order valence-corrected chi connectivity index (χ1v) is 9.17. The molecule has 1 aliphatic heterocycles. The van der Waals surface area contributed by atoms with Gasteiger partial charge in [-0.15, -0.1) is 0 Å². The lowest BCUT2D eigenvalue weighted by atomic mass is 10.1. The number of anilines is 3. The number of aromatic nitrogens is 2. The van der Waals surface area contributed by atoms with Crippen LogP contribution in [0.25, 0.3) is 0 Å². The molecular formula is C20H27N5O. The molecule has 1 N–H and O–H groups in total. The Hall–Kier alpha value is -2.63. The summed E-state index contributed by atoms with van der Waals surface area (Å²) < 4.78 is 0. The Morgan fingerprint density at radius 3 is 2.73 bits per heavy atom. The summed E-state index contributed by atoms with van der Waals surface area (Å²) in [6.07, 6.45) is 5.23. The van der Waals surface area contributed by atoms with Gasteiger partial charge in [-0.05, 0) is 31.7 Å². The van der Waals surface area contributed by atoms with Crippen LogP contribution < -0.4 is 15.1 Å². The number of aryl methyl sites for hydroxylation is 2. The lowest BCUT2D eigenvalue weighted by molar-refractivity contribution is -0.116. The first-order chi connectivity index (χ1) is 12.5. The SMILES string of the molecule is Cc1cccc(CCC(=O)Nc2cnc(N3CCCC3)nc2N(C)C)c1. The minimum absolute atomic E-state index is 0.0212. The highest BCUT2D eigenvalue weighted by molar-refractivity contribution is 5.93. The summed E-state index contributed by atoms with van der Waals surface area (Å²) in [7, 11) is 3.86. The summed E-state index contributed by atoms with van der Waals surface area (Å²) in [4.78, 5) is 25.6. The maximum absolute atomic E-state index is 12.4. The van der Waals surface area contributed by atoms with Crippen molar-refractivity contribution in [1.29, 1.82) is 0 Å². The number of nitrogens with one attached hydrogen (secondary N) is 1. The van der Waals surface area contributed by atoms with Crippen LogP contribution in [0.15, 0.2) is 30.5 Å². The summed E-state index contributed by atoms with van der Waals surface area (Å²) in [6.45, 7) is 4.05. The molecule has 26 heavy (non-hydrogen) atoms. The molecule has 1 aromatic heterocycles. The van der Waals surface area contributed by atoms with Gasteiger partial charge < -0.3 is 15.1 Å². The van der Waals surface area contributed by atoms with Gasteiger partial charge in [0, 0.05) is 33.6 Å². The number of benzene rings is 1. The fourth-order valence-electron chi connectivity index (χ4n) is 3.20. The highest BCUT2D eigenvalue weighted by Gasteiger charge is 2.18. The van der Waals surface area contributed by atoms with Gasteiger partial charge in [0.25, 0.3) is 0 Å². The molecule has 138 valence electrons. The number of amides is 1. The molecule has 1 aromatic carbocycles. The van der Waals surface area contributed by atoms with E-state index in [2.05, 4.69) is 45.3 Å². The zero-order valence-corrected chi connectivity index (χ0v) is 15.8. The first-order valence-electron chi connectivity index (χ1n) is 9.17. The third-order valence-electron chi connectivity index (χ3n) is 4.57. The van der Waals surface area contributed by atoms with Crippen molar-refractivity contribution in [1.82, 2.24) is 9.97 Å². The Balaban J connectivity index is 1.66. The lowest BCUT2D eigenvalue weighted by Crippen LogP contribution is -2.23. The third-order valence-corrected chi connectivity index (χ3v) is 4.57. The normalized spacial score (nSPS) is 13.7. The van der Waals surface area contributed by atoms with Crippen molar-refractivity contribution >= 4 is 23.4 Å². The van der Waals surface area contributed by atoms with Gasteiger partial charge in [0.15, 0.2) is 5.82 Å². The van der Waals surface area contributed by atoms with Crippen molar-refractivity contribution < 1.29 is 4.79 Å². The maximum atomic E-state index is 12.4. The quantitative estimate of drug-likeness (QED) is 0.865. The molecule has 6 nitrogen and oxygen atoms in total. The molecule has 0 atom stereocenters. The van der Waals surface area contributed by atoms with Crippen molar-refractivity contribution in [3.05, 3.63) is 41.6 Å². The van der Waals surface area contributed by atoms with Crippen LogP contribution in [0.2, 0.25) is 0 Å². The van der Waals surface area contributed by atoms with Crippen molar-refractivity contribution in [3.63, 3.8) is 0 Å². The second-order valence-corrected chi connectivity index (χ2v) is 7.03. The molecule has 0 aliphatic carbocycles. The summed E-state index contributed by atoms with van der Waals surface area (Å²) in [5.74, 6) is 1.46. The van der Waals surface area contributed by atoms with E-state index in [0.717, 1.165) is 31.3 Å². The van der Waals surface area contributed by atoms with Gasteiger partial charge in [0.1, 0.15) is 5.69 Å². The average molecular weight is 353 g/mol. The summed E-state index contributed by atoms with van der Waals surface area (Å²) in [6, 6.07) is 8.26. The van der Waals surface area contributed by atoms with Gasteiger partial charge in [-0.25, -0.2) is 4.98 Å². The molecular weight excluding hydrogens is 326 g/mol. The van der Waals surface area contributed by atoms with E-state index in [0.29, 0.717) is 12.1 Å². The monoisotopic (exact) mass is 353 g/mol. The predicted molar refractivity (Wildman–Crippen MR) is 106 cm³/mol. The van der Waals surface area contributed by atoms with Gasteiger partial charge in [-0.1, -0.05) is 29.8 Å². The van der Waals surface area contributed by atoms with Crippen LogP contribution in [0.4, 0.5) is 17.5 Å². The molecule has 2 aromatic rings. The van der Waals surface area contributed by atoms with Gasteiger partial charge in [0.2, 0.25) is 11.9 Å². The molecule has 3 rings (SSSR count). The summed E-state index contributed by atoms with van der Waals surface area (Å²) in [5.41, 5.74) is 3.05. The van der Waals surface area contributed by atoms with Gasteiger partial charge in [-0.2, -0.15) is 4.98 Å².